The van der Waals surface area contributed by atoms with Crippen LogP contribution >= 0.6 is 11.8 Å². The van der Waals surface area contributed by atoms with Gasteiger partial charge in [-0.2, -0.15) is 0 Å². The SMILES string of the molecule is CSc1ccc(C(CC2CCOCC2)c2ncc(C(=O)C3CC3)[nH]2)cc1. The lowest BCUT2D eigenvalue weighted by molar-refractivity contribution is 0.0625. The van der Waals surface area contributed by atoms with Crippen LogP contribution in [0.5, 0.6) is 0 Å². The van der Waals surface area contributed by atoms with Gasteiger partial charge in [0.05, 0.1) is 6.20 Å². The summed E-state index contributed by atoms with van der Waals surface area (Å²) in [5.41, 5.74) is 1.95. The lowest BCUT2D eigenvalue weighted by Crippen LogP contribution is -2.19. The molecule has 2 aliphatic rings. The summed E-state index contributed by atoms with van der Waals surface area (Å²) >= 11 is 1.75. The van der Waals surface area contributed by atoms with Gasteiger partial charge in [-0.15, -0.1) is 11.8 Å². The van der Waals surface area contributed by atoms with E-state index in [2.05, 4.69) is 40.5 Å². The number of thioether (sulfide) groups is 1. The Morgan fingerprint density at radius 2 is 1.96 bits per heavy atom. The molecule has 1 saturated carbocycles. The normalized spacial score (nSPS) is 19.4. The molecule has 1 aliphatic heterocycles. The molecule has 1 N–H and O–H groups in total. The zero-order valence-corrected chi connectivity index (χ0v) is 16.1. The summed E-state index contributed by atoms with van der Waals surface area (Å²) in [6.45, 7) is 1.71. The number of Topliss-reactive ketones (excluding diaryl/α,β-unsaturated/α-hetero) is 1. The van der Waals surface area contributed by atoms with E-state index < -0.39 is 0 Å². The third kappa shape index (κ3) is 4.04. The van der Waals surface area contributed by atoms with E-state index in [0.717, 1.165) is 51.1 Å². The van der Waals surface area contributed by atoms with E-state index in [9.17, 15) is 4.79 Å². The number of imidazole rings is 1. The first-order valence-electron chi connectivity index (χ1n) is 9.55. The van der Waals surface area contributed by atoms with E-state index in [0.29, 0.717) is 11.6 Å². The molecule has 0 spiro atoms. The van der Waals surface area contributed by atoms with Crippen molar-refractivity contribution in [3.63, 3.8) is 0 Å². The van der Waals surface area contributed by atoms with Crippen molar-refractivity contribution >= 4 is 17.5 Å². The lowest BCUT2D eigenvalue weighted by Gasteiger charge is -2.26. The number of H-pyrrole nitrogens is 1. The Bertz CT molecular complexity index is 746. The summed E-state index contributed by atoms with van der Waals surface area (Å²) in [6, 6.07) is 8.77. The van der Waals surface area contributed by atoms with E-state index in [1.165, 1.54) is 10.5 Å². The van der Waals surface area contributed by atoms with E-state index in [-0.39, 0.29) is 17.6 Å². The topological polar surface area (TPSA) is 55.0 Å². The molecule has 1 aromatic heterocycles. The Labute approximate surface area is 159 Å². The summed E-state index contributed by atoms with van der Waals surface area (Å²) in [4.78, 5) is 21.6. The predicted molar refractivity (Wildman–Crippen MR) is 104 cm³/mol. The molecule has 4 nitrogen and oxygen atoms in total. The first kappa shape index (κ1) is 17.8. The molecule has 1 aromatic carbocycles. The van der Waals surface area contributed by atoms with Crippen LogP contribution in [0.15, 0.2) is 35.4 Å². The molecule has 2 aromatic rings. The minimum Gasteiger partial charge on any atom is -0.381 e. The lowest BCUT2D eigenvalue weighted by atomic mass is 9.84. The molecule has 1 saturated heterocycles. The number of ether oxygens (including phenoxy) is 1. The monoisotopic (exact) mass is 370 g/mol. The summed E-state index contributed by atoms with van der Waals surface area (Å²) in [6.07, 6.45) is 9.14. The minimum absolute atomic E-state index is 0.203. The van der Waals surface area contributed by atoms with Crippen LogP contribution in [0.4, 0.5) is 0 Å². The molecule has 1 atom stereocenters. The van der Waals surface area contributed by atoms with Gasteiger partial charge in [0, 0.05) is 29.9 Å². The molecule has 138 valence electrons. The quantitative estimate of drug-likeness (QED) is 0.568. The van der Waals surface area contributed by atoms with Crippen LogP contribution in [0.3, 0.4) is 0 Å². The first-order valence-corrected chi connectivity index (χ1v) is 10.8. The maximum absolute atomic E-state index is 12.4. The van der Waals surface area contributed by atoms with Gasteiger partial charge < -0.3 is 9.72 Å². The number of nitrogens with zero attached hydrogens (tertiary/aromatic N) is 1. The van der Waals surface area contributed by atoms with Gasteiger partial charge in [0.1, 0.15) is 11.5 Å². The summed E-state index contributed by atoms with van der Waals surface area (Å²) < 4.78 is 5.52. The zero-order valence-electron chi connectivity index (χ0n) is 15.2. The highest BCUT2D eigenvalue weighted by atomic mass is 32.2. The van der Waals surface area contributed by atoms with Gasteiger partial charge >= 0.3 is 0 Å². The minimum atomic E-state index is 0.203. The number of aromatic amines is 1. The van der Waals surface area contributed by atoms with Crippen LogP contribution < -0.4 is 0 Å². The van der Waals surface area contributed by atoms with Crippen LogP contribution in [0.1, 0.15) is 59.9 Å². The highest BCUT2D eigenvalue weighted by molar-refractivity contribution is 7.98. The maximum atomic E-state index is 12.4. The molecule has 4 rings (SSSR count). The second kappa shape index (κ2) is 7.97. The van der Waals surface area contributed by atoms with Crippen LogP contribution in [0.2, 0.25) is 0 Å². The number of aromatic nitrogens is 2. The molecule has 1 unspecified atom stereocenters. The molecular formula is C21H26N2O2S. The van der Waals surface area contributed by atoms with E-state index in [1.54, 1.807) is 18.0 Å². The molecule has 0 bridgehead atoms. The Hall–Kier alpha value is -1.59. The Morgan fingerprint density at radius 3 is 2.62 bits per heavy atom. The number of carbonyl (C=O) groups excluding carboxylic acids is 1. The number of ketones is 1. The number of rotatable bonds is 7. The number of hydrogen-bond donors (Lipinski definition) is 1. The summed E-state index contributed by atoms with van der Waals surface area (Å²) in [5.74, 6) is 2.22. The van der Waals surface area contributed by atoms with Crippen molar-refractivity contribution in [3.8, 4) is 0 Å². The highest BCUT2D eigenvalue weighted by Crippen LogP contribution is 2.36. The van der Waals surface area contributed by atoms with Crippen LogP contribution in [0, 0.1) is 11.8 Å². The van der Waals surface area contributed by atoms with Gasteiger partial charge in [0.15, 0.2) is 5.78 Å². The summed E-state index contributed by atoms with van der Waals surface area (Å²) in [7, 11) is 0. The van der Waals surface area contributed by atoms with Crippen molar-refractivity contribution in [1.29, 1.82) is 0 Å². The van der Waals surface area contributed by atoms with Crippen LogP contribution in [-0.2, 0) is 4.74 Å². The van der Waals surface area contributed by atoms with Crippen molar-refractivity contribution < 1.29 is 9.53 Å². The number of nitrogens with one attached hydrogen (secondary N) is 1. The second-order valence-corrected chi connectivity index (χ2v) is 8.32. The van der Waals surface area contributed by atoms with Gasteiger partial charge in [-0.1, -0.05) is 12.1 Å². The third-order valence-electron chi connectivity index (χ3n) is 5.57. The van der Waals surface area contributed by atoms with E-state index >= 15 is 0 Å². The fraction of sp³-hybridized carbons (Fsp3) is 0.524. The average Bonchev–Trinajstić information content (AvgIpc) is 3.43. The van der Waals surface area contributed by atoms with Crippen molar-refractivity contribution in [2.75, 3.05) is 19.5 Å². The Morgan fingerprint density at radius 1 is 1.23 bits per heavy atom. The second-order valence-electron chi connectivity index (χ2n) is 7.44. The van der Waals surface area contributed by atoms with Crippen LogP contribution in [0.25, 0.3) is 0 Å². The van der Waals surface area contributed by atoms with E-state index in [1.807, 2.05) is 0 Å². The first-order chi connectivity index (χ1) is 12.7. The van der Waals surface area contributed by atoms with Gasteiger partial charge in [0.25, 0.3) is 0 Å². The van der Waals surface area contributed by atoms with Gasteiger partial charge in [-0.25, -0.2) is 4.98 Å². The van der Waals surface area contributed by atoms with Crippen molar-refractivity contribution in [3.05, 3.63) is 47.5 Å². The van der Waals surface area contributed by atoms with Gasteiger partial charge in [0.2, 0.25) is 0 Å². The molecule has 0 radical (unpaired) electrons. The number of hydrogen-bond acceptors (Lipinski definition) is 4. The smallest absolute Gasteiger partial charge is 0.183 e. The standard InChI is InChI=1S/C21H26N2O2S/c1-26-17-6-4-15(5-7-17)18(12-14-8-10-25-11-9-14)21-22-13-19(23-21)20(24)16-2-3-16/h4-7,13-14,16,18H,2-3,8-12H2,1H3,(H,22,23). The highest BCUT2D eigenvalue weighted by Gasteiger charge is 2.32. The number of benzene rings is 1. The largest absolute Gasteiger partial charge is 0.381 e. The molecule has 0 amide bonds. The third-order valence-corrected chi connectivity index (χ3v) is 6.31. The molecule has 2 heterocycles. The van der Waals surface area contributed by atoms with Crippen molar-refractivity contribution in [1.82, 2.24) is 9.97 Å². The van der Waals surface area contributed by atoms with Crippen molar-refractivity contribution in [2.24, 2.45) is 11.8 Å². The molecule has 26 heavy (non-hydrogen) atoms. The molecule has 2 fully saturated rings. The molecule has 1 aliphatic carbocycles. The fourth-order valence-electron chi connectivity index (χ4n) is 3.76. The summed E-state index contributed by atoms with van der Waals surface area (Å²) in [5, 5.41) is 0. The molecular weight excluding hydrogens is 344 g/mol. The maximum Gasteiger partial charge on any atom is 0.183 e. The fourth-order valence-corrected chi connectivity index (χ4v) is 4.17. The molecule has 5 heteroatoms. The van der Waals surface area contributed by atoms with Crippen molar-refractivity contribution in [2.45, 2.75) is 42.9 Å². The van der Waals surface area contributed by atoms with Crippen LogP contribution in [-0.4, -0.2) is 35.2 Å². The average molecular weight is 371 g/mol. The zero-order chi connectivity index (χ0) is 17.9. The Balaban J connectivity index is 1.59. The van der Waals surface area contributed by atoms with Gasteiger partial charge in [-0.3, -0.25) is 4.79 Å². The number of carbonyl (C=O) groups is 1. The van der Waals surface area contributed by atoms with E-state index in [4.69, 9.17) is 4.74 Å². The predicted octanol–water partition coefficient (Wildman–Crippen LogP) is 4.67. The van der Waals surface area contributed by atoms with Gasteiger partial charge in [-0.05, 0) is 62.0 Å². The Kier molecular flexibility index (Phi) is 5.46.